The fraction of sp³-hybridized carbons (Fsp3) is 0.261. The number of thiophene rings is 2. The van der Waals surface area contributed by atoms with Crippen molar-refractivity contribution in [1.82, 2.24) is 10.3 Å². The first-order chi connectivity index (χ1) is 16.7. The van der Waals surface area contributed by atoms with Crippen LogP contribution in [0.15, 0.2) is 40.8 Å². The van der Waals surface area contributed by atoms with Crippen LogP contribution in [0.25, 0.3) is 10.4 Å². The van der Waals surface area contributed by atoms with Gasteiger partial charge in [0.15, 0.2) is 0 Å². The number of amides is 2. The number of hydrogen-bond donors (Lipinski definition) is 3. The lowest BCUT2D eigenvalue weighted by Crippen LogP contribution is -2.29. The number of likely N-dealkylation sites (tertiary alicyclic amines) is 1. The van der Waals surface area contributed by atoms with E-state index in [4.69, 9.17) is 27.9 Å². The molecule has 2 atom stereocenters. The Morgan fingerprint density at radius 2 is 1.91 bits per heavy atom. The number of ether oxygens (including phenoxy) is 1. The van der Waals surface area contributed by atoms with Crippen LogP contribution in [0.4, 0.5) is 0 Å². The van der Waals surface area contributed by atoms with E-state index in [0.717, 1.165) is 11.3 Å². The normalized spacial score (nSPS) is 18.2. The number of rotatable bonds is 6. The Kier molecular flexibility index (Phi) is 7.80. The summed E-state index contributed by atoms with van der Waals surface area (Å²) >= 11 is 14.4. The summed E-state index contributed by atoms with van der Waals surface area (Å²) in [4.78, 5) is 28.1. The second-order valence-electron chi connectivity index (χ2n) is 7.81. The van der Waals surface area contributed by atoms with Gasteiger partial charge in [-0.15, -0.1) is 22.7 Å². The summed E-state index contributed by atoms with van der Waals surface area (Å²) < 4.78 is 5.17. The zero-order valence-electron chi connectivity index (χ0n) is 18.6. The number of hydrazone groups is 1. The van der Waals surface area contributed by atoms with E-state index in [-0.39, 0.29) is 24.7 Å². The molecule has 3 heterocycles. The van der Waals surface area contributed by atoms with Gasteiger partial charge in [-0.3, -0.25) is 9.59 Å². The van der Waals surface area contributed by atoms with E-state index in [1.54, 1.807) is 42.6 Å². The Bertz CT molecular complexity index is 1310. The summed E-state index contributed by atoms with van der Waals surface area (Å²) in [6, 6.07) is 8.19. The number of aromatic hydroxyl groups is 1. The number of aliphatic hydroxyl groups is 1. The van der Waals surface area contributed by atoms with Crippen molar-refractivity contribution in [1.29, 1.82) is 0 Å². The number of nitrogens with zero attached hydrogens (tertiary/aromatic N) is 2. The lowest BCUT2D eigenvalue weighted by molar-refractivity contribution is 0.0215. The van der Waals surface area contributed by atoms with Crippen molar-refractivity contribution in [2.45, 2.75) is 19.1 Å². The molecule has 1 saturated heterocycles. The van der Waals surface area contributed by atoms with E-state index < -0.39 is 18.1 Å². The minimum atomic E-state index is -0.741. The van der Waals surface area contributed by atoms with Crippen LogP contribution in [-0.4, -0.2) is 65.0 Å². The van der Waals surface area contributed by atoms with Gasteiger partial charge in [0.2, 0.25) is 0 Å². The maximum absolute atomic E-state index is 12.7. The number of benzene rings is 1. The smallest absolute Gasteiger partial charge is 0.281 e. The first-order valence-electron chi connectivity index (χ1n) is 10.4. The van der Waals surface area contributed by atoms with Crippen molar-refractivity contribution >= 4 is 63.4 Å². The molecule has 1 aliphatic heterocycles. The maximum atomic E-state index is 12.7. The molecule has 0 spiro atoms. The van der Waals surface area contributed by atoms with Crippen molar-refractivity contribution in [3.05, 3.63) is 61.1 Å². The molecule has 2 amide bonds. The van der Waals surface area contributed by atoms with Crippen LogP contribution in [0, 0.1) is 0 Å². The van der Waals surface area contributed by atoms with Gasteiger partial charge in [-0.25, -0.2) is 5.43 Å². The average Bonchev–Trinajstić information content (AvgIpc) is 3.57. The van der Waals surface area contributed by atoms with Crippen LogP contribution < -0.4 is 5.43 Å². The molecule has 1 fully saturated rings. The molecular weight excluding hydrogens is 533 g/mol. The number of methoxy groups -OCH3 is 1. The highest BCUT2D eigenvalue weighted by molar-refractivity contribution is 7.16. The predicted octanol–water partition coefficient (Wildman–Crippen LogP) is 4.47. The minimum absolute atomic E-state index is 0.0232. The third-order valence-electron chi connectivity index (χ3n) is 5.53. The van der Waals surface area contributed by atoms with E-state index in [9.17, 15) is 19.8 Å². The molecule has 35 heavy (non-hydrogen) atoms. The monoisotopic (exact) mass is 553 g/mol. The van der Waals surface area contributed by atoms with E-state index in [1.807, 2.05) is 0 Å². The third kappa shape index (κ3) is 5.37. The number of hydrogen-bond acceptors (Lipinski definition) is 8. The summed E-state index contributed by atoms with van der Waals surface area (Å²) in [5.41, 5.74) is 4.05. The van der Waals surface area contributed by atoms with Gasteiger partial charge in [0.05, 0.1) is 42.1 Å². The molecule has 3 N–H and O–H groups in total. The third-order valence-corrected chi connectivity index (χ3v) is 8.36. The Hall–Kier alpha value is -2.47. The van der Waals surface area contributed by atoms with Crippen LogP contribution in [0.1, 0.15) is 31.8 Å². The largest absolute Gasteiger partial charge is 0.506 e. The fourth-order valence-electron chi connectivity index (χ4n) is 3.59. The van der Waals surface area contributed by atoms with Gasteiger partial charge in [0.25, 0.3) is 11.8 Å². The molecule has 4 rings (SSSR count). The minimum Gasteiger partial charge on any atom is -0.506 e. The van der Waals surface area contributed by atoms with Crippen molar-refractivity contribution in [2.24, 2.45) is 5.10 Å². The van der Waals surface area contributed by atoms with Gasteiger partial charge in [-0.05, 0) is 36.8 Å². The van der Waals surface area contributed by atoms with Crippen molar-refractivity contribution in [3.8, 4) is 16.2 Å². The first kappa shape index (κ1) is 25.6. The molecule has 0 saturated carbocycles. The molecule has 0 bridgehead atoms. The Morgan fingerprint density at radius 3 is 2.60 bits per heavy atom. The number of nitrogens with one attached hydrogen (secondary N) is 1. The highest BCUT2D eigenvalue weighted by Gasteiger charge is 2.35. The Morgan fingerprint density at radius 1 is 1.17 bits per heavy atom. The standard InChI is InChI=1S/C23H21Cl2N3O5S2/c1-11(13-10-34-21(20(13)30)12-3-4-14(24)15(25)7-12)26-27-22(31)18-5-6-19(35-18)23(32)28-8-16(29)17(9-28)33-2/h3-7,10,16-17,29-30H,8-9H2,1-2H3,(H,27,31). The van der Waals surface area contributed by atoms with E-state index in [1.165, 1.54) is 23.3 Å². The summed E-state index contributed by atoms with van der Waals surface area (Å²) in [7, 11) is 1.49. The highest BCUT2D eigenvalue weighted by atomic mass is 35.5. The lowest BCUT2D eigenvalue weighted by Gasteiger charge is -2.14. The molecular formula is C23H21Cl2N3O5S2. The lowest BCUT2D eigenvalue weighted by atomic mass is 10.1. The molecule has 8 nitrogen and oxygen atoms in total. The van der Waals surface area contributed by atoms with Crippen LogP contribution in [0.3, 0.4) is 0 Å². The summed E-state index contributed by atoms with van der Waals surface area (Å²) in [5, 5.41) is 27.3. The van der Waals surface area contributed by atoms with Crippen LogP contribution in [-0.2, 0) is 4.74 Å². The van der Waals surface area contributed by atoms with Crippen molar-refractivity contribution in [2.75, 3.05) is 20.2 Å². The molecule has 2 unspecified atom stereocenters. The predicted molar refractivity (Wildman–Crippen MR) is 138 cm³/mol. The number of halogens is 2. The molecule has 12 heteroatoms. The van der Waals surface area contributed by atoms with Crippen LogP contribution in [0.2, 0.25) is 10.0 Å². The Balaban J connectivity index is 1.43. The fourth-order valence-corrected chi connectivity index (χ4v) is 5.75. The molecule has 0 aliphatic carbocycles. The van der Waals surface area contributed by atoms with E-state index >= 15 is 0 Å². The zero-order chi connectivity index (χ0) is 25.3. The second-order valence-corrected chi connectivity index (χ2v) is 10.6. The van der Waals surface area contributed by atoms with Crippen LogP contribution >= 0.6 is 45.9 Å². The first-order valence-corrected chi connectivity index (χ1v) is 12.9. The molecule has 1 aliphatic rings. The summed E-state index contributed by atoms with van der Waals surface area (Å²) in [6.45, 7) is 2.12. The van der Waals surface area contributed by atoms with Gasteiger partial charge in [0.1, 0.15) is 11.9 Å². The molecule has 1 aromatic carbocycles. The van der Waals surface area contributed by atoms with E-state index in [0.29, 0.717) is 41.5 Å². The molecule has 2 aromatic heterocycles. The average molecular weight is 554 g/mol. The molecule has 184 valence electrons. The summed E-state index contributed by atoms with van der Waals surface area (Å²) in [5.74, 6) is -0.732. The van der Waals surface area contributed by atoms with Crippen molar-refractivity contribution in [3.63, 3.8) is 0 Å². The topological polar surface area (TPSA) is 111 Å². The zero-order valence-corrected chi connectivity index (χ0v) is 21.8. The van der Waals surface area contributed by atoms with E-state index in [2.05, 4.69) is 10.5 Å². The summed E-state index contributed by atoms with van der Waals surface area (Å²) in [6.07, 6.45) is -1.17. The molecule has 0 radical (unpaired) electrons. The number of β-amino-alcohol motifs (C(OH)–C–C–N with tert-alkyl or cyclic N) is 1. The maximum Gasteiger partial charge on any atom is 0.281 e. The number of carbonyl (C=O) groups is 2. The van der Waals surface area contributed by atoms with Gasteiger partial charge in [-0.1, -0.05) is 29.3 Å². The van der Waals surface area contributed by atoms with Crippen LogP contribution in [0.5, 0.6) is 5.75 Å². The molecule has 3 aromatic rings. The van der Waals surface area contributed by atoms with Gasteiger partial charge < -0.3 is 19.8 Å². The second kappa shape index (κ2) is 10.7. The number of carbonyl (C=O) groups excluding carboxylic acids is 2. The van der Waals surface area contributed by atoms with Gasteiger partial charge in [0, 0.05) is 25.6 Å². The van der Waals surface area contributed by atoms with Crippen molar-refractivity contribution < 1.29 is 24.5 Å². The van der Waals surface area contributed by atoms with Gasteiger partial charge in [-0.2, -0.15) is 5.10 Å². The SMILES string of the molecule is COC1CN(C(=O)c2ccc(C(=O)NN=C(C)c3csc(-c4ccc(Cl)c(Cl)c4)c3O)s2)CC1O. The van der Waals surface area contributed by atoms with Gasteiger partial charge >= 0.3 is 0 Å². The Labute approximate surface area is 219 Å². The quantitative estimate of drug-likeness (QED) is 0.308. The number of aliphatic hydroxyl groups excluding tert-OH is 1. The highest BCUT2D eigenvalue weighted by Crippen LogP contribution is 2.40.